The van der Waals surface area contributed by atoms with Crippen molar-refractivity contribution in [3.8, 4) is 0 Å². The van der Waals surface area contributed by atoms with Gasteiger partial charge in [0.2, 0.25) is 0 Å². The van der Waals surface area contributed by atoms with Crippen molar-refractivity contribution in [2.75, 3.05) is 51.6 Å². The summed E-state index contributed by atoms with van der Waals surface area (Å²) in [6.07, 6.45) is 2.32. The Kier molecular flexibility index (Phi) is 9.69. The number of benzene rings is 3. The number of anilines is 1. The smallest absolute Gasteiger partial charge is 0.314 e. The first kappa shape index (κ1) is 27.9. The number of amides is 4. The fraction of sp³-hybridized carbons (Fsp3) is 0.323. The highest BCUT2D eigenvalue weighted by atomic mass is 16.2. The molecular formula is C31H37N5O3. The molecule has 1 saturated heterocycles. The van der Waals surface area contributed by atoms with E-state index in [1.165, 1.54) is 5.56 Å². The van der Waals surface area contributed by atoms with Crippen LogP contribution in [0.1, 0.15) is 38.3 Å². The normalized spacial score (nSPS) is 13.9. The zero-order chi connectivity index (χ0) is 27.6. The first-order chi connectivity index (χ1) is 18.9. The summed E-state index contributed by atoms with van der Waals surface area (Å²) in [5, 5.41) is 3.04. The molecule has 0 spiro atoms. The average molecular weight is 528 g/mol. The third-order valence-electron chi connectivity index (χ3n) is 7.16. The molecule has 0 atom stereocenters. The first-order valence-electron chi connectivity index (χ1n) is 13.5. The van der Waals surface area contributed by atoms with Gasteiger partial charge < -0.3 is 25.8 Å². The maximum Gasteiger partial charge on any atom is 0.314 e. The molecule has 4 rings (SSSR count). The molecule has 3 N–H and O–H groups in total. The van der Waals surface area contributed by atoms with Crippen molar-refractivity contribution in [2.45, 2.75) is 19.3 Å². The molecule has 0 saturated carbocycles. The number of hydrogen-bond donors (Lipinski definition) is 2. The quantitative estimate of drug-likeness (QED) is 0.441. The minimum absolute atomic E-state index is 0.0910. The second kappa shape index (κ2) is 13.6. The molecule has 3 aromatic carbocycles. The predicted octanol–water partition coefficient (Wildman–Crippen LogP) is 3.88. The summed E-state index contributed by atoms with van der Waals surface area (Å²) >= 11 is 0. The Hall–Kier alpha value is -4.17. The summed E-state index contributed by atoms with van der Waals surface area (Å²) in [6.45, 7) is 4.25. The number of rotatable bonds is 9. The largest absolute Gasteiger partial charge is 0.351 e. The minimum atomic E-state index is -0.378. The van der Waals surface area contributed by atoms with Gasteiger partial charge in [-0.3, -0.25) is 9.59 Å². The van der Waals surface area contributed by atoms with Gasteiger partial charge >= 0.3 is 6.03 Å². The van der Waals surface area contributed by atoms with Crippen LogP contribution in [0.4, 0.5) is 10.5 Å². The number of carbonyl (C=O) groups is 3. The van der Waals surface area contributed by atoms with Gasteiger partial charge in [-0.1, -0.05) is 54.6 Å². The SMILES string of the molecule is CN(CCc1ccccc1)C(=O)c1ccc(CCN2CCCN(C(N)=O)CC2)c(NC(=O)c2ccccc2)c1. The third kappa shape index (κ3) is 7.91. The lowest BCUT2D eigenvalue weighted by molar-refractivity contribution is 0.0796. The topological polar surface area (TPSA) is 99.0 Å². The summed E-state index contributed by atoms with van der Waals surface area (Å²) in [5.41, 5.74) is 9.33. The van der Waals surface area contributed by atoms with E-state index >= 15 is 0 Å². The van der Waals surface area contributed by atoms with E-state index in [1.807, 2.05) is 48.5 Å². The van der Waals surface area contributed by atoms with Crippen LogP contribution in [0.2, 0.25) is 0 Å². The molecule has 204 valence electrons. The van der Waals surface area contributed by atoms with E-state index in [0.717, 1.165) is 38.0 Å². The van der Waals surface area contributed by atoms with Crippen LogP contribution in [-0.4, -0.2) is 78.9 Å². The Morgan fingerprint density at radius 3 is 2.28 bits per heavy atom. The van der Waals surface area contributed by atoms with Crippen molar-refractivity contribution in [1.82, 2.24) is 14.7 Å². The number of likely N-dealkylation sites (N-methyl/N-ethyl adjacent to an activating group) is 1. The van der Waals surface area contributed by atoms with Gasteiger partial charge in [0.05, 0.1) is 0 Å². The summed E-state index contributed by atoms with van der Waals surface area (Å²) in [4.78, 5) is 43.6. The molecule has 1 heterocycles. The van der Waals surface area contributed by atoms with Gasteiger partial charge in [-0.15, -0.1) is 0 Å². The summed E-state index contributed by atoms with van der Waals surface area (Å²) in [5.74, 6) is -0.308. The van der Waals surface area contributed by atoms with E-state index in [2.05, 4.69) is 22.3 Å². The maximum absolute atomic E-state index is 13.3. The lowest BCUT2D eigenvalue weighted by Gasteiger charge is -2.22. The maximum atomic E-state index is 13.3. The number of nitrogens with one attached hydrogen (secondary N) is 1. The molecule has 8 nitrogen and oxygen atoms in total. The number of hydrogen-bond acceptors (Lipinski definition) is 4. The van der Waals surface area contributed by atoms with Gasteiger partial charge in [0, 0.05) is 56.6 Å². The second-order valence-corrected chi connectivity index (χ2v) is 9.92. The van der Waals surface area contributed by atoms with Gasteiger partial charge in [0.15, 0.2) is 0 Å². The van der Waals surface area contributed by atoms with E-state index in [1.54, 1.807) is 35.0 Å². The van der Waals surface area contributed by atoms with Gasteiger partial charge in [-0.2, -0.15) is 0 Å². The zero-order valence-corrected chi connectivity index (χ0v) is 22.5. The molecular weight excluding hydrogens is 490 g/mol. The summed E-state index contributed by atoms with van der Waals surface area (Å²) in [6, 6.07) is 24.3. The Morgan fingerprint density at radius 1 is 0.846 bits per heavy atom. The van der Waals surface area contributed by atoms with Crippen LogP contribution in [0.25, 0.3) is 0 Å². The minimum Gasteiger partial charge on any atom is -0.351 e. The molecule has 4 amide bonds. The van der Waals surface area contributed by atoms with Crippen molar-refractivity contribution in [3.05, 3.63) is 101 Å². The molecule has 1 fully saturated rings. The summed E-state index contributed by atoms with van der Waals surface area (Å²) < 4.78 is 0. The lowest BCUT2D eigenvalue weighted by Crippen LogP contribution is -2.38. The number of carbonyl (C=O) groups excluding carboxylic acids is 3. The standard InChI is InChI=1S/C31H37N5O3/c1-34(19-15-24-9-4-2-5-10-24)30(38)27-14-13-25(16-20-35-17-8-18-36(22-21-35)31(32)39)28(23-27)33-29(37)26-11-6-3-7-12-26/h2-7,9-14,23H,8,15-22H2,1H3,(H2,32,39)(H,33,37). The summed E-state index contributed by atoms with van der Waals surface area (Å²) in [7, 11) is 1.80. The van der Waals surface area contributed by atoms with E-state index in [4.69, 9.17) is 5.73 Å². The predicted molar refractivity (Wildman–Crippen MR) is 154 cm³/mol. The number of urea groups is 1. The van der Waals surface area contributed by atoms with Crippen LogP contribution >= 0.6 is 0 Å². The molecule has 1 aliphatic heterocycles. The van der Waals surface area contributed by atoms with E-state index < -0.39 is 0 Å². The van der Waals surface area contributed by atoms with E-state index in [-0.39, 0.29) is 17.8 Å². The van der Waals surface area contributed by atoms with E-state index in [9.17, 15) is 14.4 Å². The number of nitrogens with zero attached hydrogens (tertiary/aromatic N) is 3. The Balaban J connectivity index is 1.48. The van der Waals surface area contributed by atoms with Crippen molar-refractivity contribution in [1.29, 1.82) is 0 Å². The second-order valence-electron chi connectivity index (χ2n) is 9.92. The Labute approximate surface area is 230 Å². The molecule has 0 aliphatic carbocycles. The molecule has 0 aromatic heterocycles. The highest BCUT2D eigenvalue weighted by Gasteiger charge is 2.19. The molecule has 8 heteroatoms. The molecule has 39 heavy (non-hydrogen) atoms. The molecule has 0 bridgehead atoms. The highest BCUT2D eigenvalue weighted by Crippen LogP contribution is 2.22. The highest BCUT2D eigenvalue weighted by molar-refractivity contribution is 6.05. The number of nitrogens with two attached hydrogens (primary N) is 1. The van der Waals surface area contributed by atoms with Crippen LogP contribution in [0.5, 0.6) is 0 Å². The van der Waals surface area contributed by atoms with Crippen molar-refractivity contribution in [2.24, 2.45) is 5.73 Å². The zero-order valence-electron chi connectivity index (χ0n) is 22.5. The van der Waals surface area contributed by atoms with Crippen molar-refractivity contribution in [3.63, 3.8) is 0 Å². The van der Waals surface area contributed by atoms with Crippen LogP contribution in [0.3, 0.4) is 0 Å². The number of primary amides is 1. The molecule has 1 aliphatic rings. The van der Waals surface area contributed by atoms with Crippen LogP contribution in [0.15, 0.2) is 78.9 Å². The van der Waals surface area contributed by atoms with Crippen LogP contribution in [-0.2, 0) is 12.8 Å². The molecule has 0 radical (unpaired) electrons. The first-order valence-corrected chi connectivity index (χ1v) is 13.5. The van der Waals surface area contributed by atoms with Gasteiger partial charge in [-0.25, -0.2) is 4.79 Å². The van der Waals surface area contributed by atoms with Gasteiger partial charge in [0.25, 0.3) is 11.8 Å². The van der Waals surface area contributed by atoms with Gasteiger partial charge in [0.1, 0.15) is 0 Å². The van der Waals surface area contributed by atoms with Crippen LogP contribution < -0.4 is 11.1 Å². The van der Waals surface area contributed by atoms with Gasteiger partial charge in [-0.05, 0) is 61.2 Å². The fourth-order valence-corrected chi connectivity index (χ4v) is 4.78. The van der Waals surface area contributed by atoms with Crippen LogP contribution in [0, 0.1) is 0 Å². The van der Waals surface area contributed by atoms with E-state index in [0.29, 0.717) is 42.9 Å². The molecule has 0 unspecified atom stereocenters. The molecule has 3 aromatic rings. The van der Waals surface area contributed by atoms with Crippen molar-refractivity contribution >= 4 is 23.5 Å². The Morgan fingerprint density at radius 2 is 1.56 bits per heavy atom. The fourth-order valence-electron chi connectivity index (χ4n) is 4.78. The van der Waals surface area contributed by atoms with Crippen molar-refractivity contribution < 1.29 is 14.4 Å². The average Bonchev–Trinajstić information content (AvgIpc) is 3.22. The Bertz CT molecular complexity index is 1270. The third-order valence-corrected chi connectivity index (χ3v) is 7.16. The monoisotopic (exact) mass is 527 g/mol. The lowest BCUT2D eigenvalue weighted by atomic mass is 10.0.